The summed E-state index contributed by atoms with van der Waals surface area (Å²) in [5.74, 6) is -1.13. The Morgan fingerprint density at radius 2 is 2.19 bits per heavy atom. The van der Waals surface area contributed by atoms with Crippen LogP contribution in [-0.4, -0.2) is 24.7 Å². The van der Waals surface area contributed by atoms with Gasteiger partial charge in [0.15, 0.2) is 0 Å². The van der Waals surface area contributed by atoms with E-state index in [2.05, 4.69) is 15.9 Å². The van der Waals surface area contributed by atoms with E-state index in [1.807, 2.05) is 37.1 Å². The highest BCUT2D eigenvalue weighted by Gasteiger charge is 2.14. The zero-order valence-electron chi connectivity index (χ0n) is 9.70. The Kier molecular flexibility index (Phi) is 4.35. The number of aliphatic carboxylic acids is 1. The number of rotatable bonds is 4. The Bertz CT molecular complexity index is 393. The highest BCUT2D eigenvalue weighted by molar-refractivity contribution is 9.10. The van der Waals surface area contributed by atoms with E-state index in [1.54, 1.807) is 6.92 Å². The summed E-state index contributed by atoms with van der Waals surface area (Å²) < 4.78 is 1.07. The van der Waals surface area contributed by atoms with Crippen LogP contribution in [0.4, 0.5) is 5.69 Å². The molecule has 0 aliphatic carbocycles. The van der Waals surface area contributed by atoms with Crippen molar-refractivity contribution in [1.82, 2.24) is 0 Å². The van der Waals surface area contributed by atoms with E-state index >= 15 is 0 Å². The van der Waals surface area contributed by atoms with E-state index in [0.29, 0.717) is 6.54 Å². The Labute approximate surface area is 104 Å². The van der Waals surface area contributed by atoms with E-state index in [9.17, 15) is 4.79 Å². The largest absolute Gasteiger partial charge is 0.481 e. The van der Waals surface area contributed by atoms with E-state index in [-0.39, 0.29) is 5.92 Å². The van der Waals surface area contributed by atoms with Gasteiger partial charge >= 0.3 is 5.97 Å². The molecule has 0 aliphatic rings. The summed E-state index contributed by atoms with van der Waals surface area (Å²) in [6.07, 6.45) is 0. The highest BCUT2D eigenvalue weighted by Crippen LogP contribution is 2.22. The fraction of sp³-hybridized carbons (Fsp3) is 0.417. The lowest BCUT2D eigenvalue weighted by atomic mass is 10.1. The van der Waals surface area contributed by atoms with Crippen LogP contribution in [0.3, 0.4) is 0 Å². The van der Waals surface area contributed by atoms with Crippen LogP contribution in [0.25, 0.3) is 0 Å². The number of hydrogen-bond acceptors (Lipinski definition) is 2. The van der Waals surface area contributed by atoms with E-state index in [1.165, 1.54) is 0 Å². The zero-order valence-corrected chi connectivity index (χ0v) is 11.3. The molecule has 1 aromatic carbocycles. The fourth-order valence-corrected chi connectivity index (χ4v) is 1.71. The second kappa shape index (κ2) is 5.34. The molecule has 1 aromatic rings. The van der Waals surface area contributed by atoms with Gasteiger partial charge < -0.3 is 10.0 Å². The van der Waals surface area contributed by atoms with Gasteiger partial charge in [0.25, 0.3) is 0 Å². The SMILES string of the molecule is Cc1cc(N(C)CC(C)C(=O)O)ccc1Br. The van der Waals surface area contributed by atoms with Crippen molar-refractivity contribution in [3.05, 3.63) is 28.2 Å². The third kappa shape index (κ3) is 3.23. The number of anilines is 1. The number of benzene rings is 1. The summed E-state index contributed by atoms with van der Waals surface area (Å²) in [6, 6.07) is 6.00. The minimum absolute atomic E-state index is 0.367. The Morgan fingerprint density at radius 1 is 1.56 bits per heavy atom. The number of halogens is 1. The average molecular weight is 286 g/mol. The molecule has 0 aromatic heterocycles. The summed E-state index contributed by atoms with van der Waals surface area (Å²) in [5, 5.41) is 8.84. The third-order valence-corrected chi connectivity index (χ3v) is 3.44. The van der Waals surface area contributed by atoms with Crippen LogP contribution >= 0.6 is 15.9 Å². The average Bonchev–Trinajstić information content (AvgIpc) is 2.21. The van der Waals surface area contributed by atoms with Crippen molar-refractivity contribution in [3.8, 4) is 0 Å². The van der Waals surface area contributed by atoms with Crippen LogP contribution in [0, 0.1) is 12.8 Å². The molecule has 0 aliphatic heterocycles. The molecule has 16 heavy (non-hydrogen) atoms. The molecule has 0 spiro atoms. The Hall–Kier alpha value is -1.03. The third-order valence-electron chi connectivity index (χ3n) is 2.55. The first kappa shape index (κ1) is 13.0. The van der Waals surface area contributed by atoms with Gasteiger partial charge in [0.2, 0.25) is 0 Å². The molecule has 88 valence electrons. The van der Waals surface area contributed by atoms with Crippen molar-refractivity contribution >= 4 is 27.6 Å². The maximum atomic E-state index is 10.8. The van der Waals surface area contributed by atoms with Crippen LogP contribution in [0.5, 0.6) is 0 Å². The van der Waals surface area contributed by atoms with Crippen LogP contribution in [0.2, 0.25) is 0 Å². The fourth-order valence-electron chi connectivity index (χ4n) is 1.46. The summed E-state index contributed by atoms with van der Waals surface area (Å²) in [5.41, 5.74) is 2.18. The lowest BCUT2D eigenvalue weighted by molar-refractivity contribution is -0.140. The zero-order chi connectivity index (χ0) is 12.3. The number of aryl methyl sites for hydroxylation is 1. The second-order valence-corrected chi connectivity index (χ2v) is 4.91. The Morgan fingerprint density at radius 3 is 2.69 bits per heavy atom. The molecule has 0 radical (unpaired) electrons. The first-order valence-electron chi connectivity index (χ1n) is 5.12. The molecule has 0 fully saturated rings. The molecule has 1 unspecified atom stereocenters. The molecule has 1 N–H and O–H groups in total. The van der Waals surface area contributed by atoms with Gasteiger partial charge in [-0.2, -0.15) is 0 Å². The van der Waals surface area contributed by atoms with Gasteiger partial charge in [-0.15, -0.1) is 0 Å². The molecule has 0 saturated carbocycles. The van der Waals surface area contributed by atoms with Gasteiger partial charge in [-0.3, -0.25) is 4.79 Å². The van der Waals surface area contributed by atoms with Gasteiger partial charge in [0, 0.05) is 23.8 Å². The lowest BCUT2D eigenvalue weighted by Crippen LogP contribution is -2.28. The topological polar surface area (TPSA) is 40.5 Å². The summed E-state index contributed by atoms with van der Waals surface area (Å²) in [6.45, 7) is 4.24. The smallest absolute Gasteiger partial charge is 0.308 e. The number of carbonyl (C=O) groups is 1. The molecule has 0 saturated heterocycles. The molecular weight excluding hydrogens is 270 g/mol. The minimum Gasteiger partial charge on any atom is -0.481 e. The lowest BCUT2D eigenvalue weighted by Gasteiger charge is -2.22. The van der Waals surface area contributed by atoms with Gasteiger partial charge in [-0.05, 0) is 30.7 Å². The normalized spacial score (nSPS) is 12.2. The predicted molar refractivity (Wildman–Crippen MR) is 68.9 cm³/mol. The van der Waals surface area contributed by atoms with Crippen LogP contribution < -0.4 is 4.90 Å². The summed E-state index contributed by atoms with van der Waals surface area (Å²) in [4.78, 5) is 12.7. The second-order valence-electron chi connectivity index (χ2n) is 4.05. The van der Waals surface area contributed by atoms with Crippen LogP contribution in [0.15, 0.2) is 22.7 Å². The first-order chi connectivity index (χ1) is 7.41. The van der Waals surface area contributed by atoms with Gasteiger partial charge in [-0.25, -0.2) is 0 Å². The van der Waals surface area contributed by atoms with Crippen molar-refractivity contribution in [2.24, 2.45) is 5.92 Å². The molecule has 1 atom stereocenters. The molecular formula is C12H16BrNO2. The van der Waals surface area contributed by atoms with Gasteiger partial charge in [-0.1, -0.05) is 22.9 Å². The van der Waals surface area contributed by atoms with Crippen LogP contribution in [-0.2, 0) is 4.79 Å². The molecule has 0 bridgehead atoms. The van der Waals surface area contributed by atoms with Crippen molar-refractivity contribution in [3.63, 3.8) is 0 Å². The molecule has 0 heterocycles. The number of nitrogens with zero attached hydrogens (tertiary/aromatic N) is 1. The minimum atomic E-state index is -0.763. The predicted octanol–water partition coefficient (Wildman–Crippen LogP) is 2.91. The molecule has 0 amide bonds. The number of hydrogen-bond donors (Lipinski definition) is 1. The van der Waals surface area contributed by atoms with E-state index in [4.69, 9.17) is 5.11 Å². The van der Waals surface area contributed by atoms with Crippen molar-refractivity contribution in [2.45, 2.75) is 13.8 Å². The van der Waals surface area contributed by atoms with E-state index < -0.39 is 5.97 Å². The van der Waals surface area contributed by atoms with Crippen molar-refractivity contribution in [1.29, 1.82) is 0 Å². The van der Waals surface area contributed by atoms with Gasteiger partial charge in [0.1, 0.15) is 0 Å². The maximum absolute atomic E-state index is 10.8. The standard InChI is InChI=1S/C12H16BrNO2/c1-8-6-10(4-5-11(8)13)14(3)7-9(2)12(15)16/h4-6,9H,7H2,1-3H3,(H,15,16). The summed E-state index contributed by atoms with van der Waals surface area (Å²) >= 11 is 3.44. The van der Waals surface area contributed by atoms with Crippen molar-refractivity contribution < 1.29 is 9.90 Å². The van der Waals surface area contributed by atoms with E-state index in [0.717, 1.165) is 15.7 Å². The first-order valence-corrected chi connectivity index (χ1v) is 5.91. The highest BCUT2D eigenvalue weighted by atomic mass is 79.9. The monoisotopic (exact) mass is 285 g/mol. The van der Waals surface area contributed by atoms with Crippen LogP contribution in [0.1, 0.15) is 12.5 Å². The summed E-state index contributed by atoms with van der Waals surface area (Å²) in [7, 11) is 1.90. The molecule has 4 heteroatoms. The van der Waals surface area contributed by atoms with Crippen molar-refractivity contribution in [2.75, 3.05) is 18.5 Å². The number of carboxylic acid groups (broad SMARTS) is 1. The quantitative estimate of drug-likeness (QED) is 0.925. The molecule has 1 rings (SSSR count). The number of carboxylic acids is 1. The maximum Gasteiger partial charge on any atom is 0.308 e. The Balaban J connectivity index is 2.76. The van der Waals surface area contributed by atoms with Gasteiger partial charge in [0.05, 0.1) is 5.92 Å². The molecule has 3 nitrogen and oxygen atoms in total.